The molecule has 0 fully saturated rings. The van der Waals surface area contributed by atoms with Gasteiger partial charge in [0, 0.05) is 23.4 Å². The maximum Gasteiger partial charge on any atom is 0.257 e. The first-order valence-electron chi connectivity index (χ1n) is 10.8. The predicted molar refractivity (Wildman–Crippen MR) is 135 cm³/mol. The number of carbonyl (C=O) groups is 2. The fraction of sp³-hybridized carbons (Fsp3) is 0.192. The van der Waals surface area contributed by atoms with Crippen LogP contribution in [0.25, 0.3) is 0 Å². The van der Waals surface area contributed by atoms with E-state index in [2.05, 4.69) is 16.0 Å². The smallest absolute Gasteiger partial charge is 0.257 e. The summed E-state index contributed by atoms with van der Waals surface area (Å²) in [7, 11) is 0. The van der Waals surface area contributed by atoms with Gasteiger partial charge in [-0.3, -0.25) is 14.9 Å². The highest BCUT2D eigenvalue weighted by Gasteiger charge is 2.11. The number of amides is 2. The molecule has 0 aromatic heterocycles. The molecule has 0 aliphatic carbocycles. The van der Waals surface area contributed by atoms with Crippen LogP contribution in [0.4, 0.5) is 5.69 Å². The number of nitrogens with one attached hydrogen (secondary N) is 3. The van der Waals surface area contributed by atoms with Gasteiger partial charge in [-0.25, -0.2) is 0 Å². The van der Waals surface area contributed by atoms with Gasteiger partial charge in [-0.15, -0.1) is 0 Å². The van der Waals surface area contributed by atoms with Crippen molar-refractivity contribution in [3.63, 3.8) is 0 Å². The number of thiocarbonyl (C=S) groups is 1. The number of benzene rings is 3. The highest BCUT2D eigenvalue weighted by atomic mass is 32.1. The lowest BCUT2D eigenvalue weighted by Crippen LogP contribution is -2.34. The Morgan fingerprint density at radius 3 is 2.33 bits per heavy atom. The lowest BCUT2D eigenvalue weighted by molar-refractivity contribution is 0.0948. The SMILES string of the molecule is CCC(C)Oc1ccc(C(=O)NC(=S)Nc2cccc(C(=O)NCc3ccccc3)c2)cc1. The fourth-order valence-corrected chi connectivity index (χ4v) is 3.17. The van der Waals surface area contributed by atoms with Crippen LogP contribution in [-0.2, 0) is 6.54 Å². The van der Waals surface area contributed by atoms with Crippen LogP contribution in [0.3, 0.4) is 0 Å². The van der Waals surface area contributed by atoms with Crippen LogP contribution in [0.1, 0.15) is 46.5 Å². The first-order chi connectivity index (χ1) is 15.9. The van der Waals surface area contributed by atoms with Crippen LogP contribution in [0.2, 0.25) is 0 Å². The second-order valence-corrected chi connectivity index (χ2v) is 7.93. The molecule has 3 N–H and O–H groups in total. The summed E-state index contributed by atoms with van der Waals surface area (Å²) in [5, 5.41) is 8.63. The van der Waals surface area contributed by atoms with Crippen molar-refractivity contribution in [2.45, 2.75) is 32.9 Å². The summed E-state index contributed by atoms with van der Waals surface area (Å²) in [6.07, 6.45) is 1.01. The Morgan fingerprint density at radius 2 is 1.64 bits per heavy atom. The second kappa shape index (κ2) is 11.8. The monoisotopic (exact) mass is 461 g/mol. The molecule has 1 unspecified atom stereocenters. The number of hydrogen-bond acceptors (Lipinski definition) is 4. The van der Waals surface area contributed by atoms with Gasteiger partial charge in [-0.1, -0.05) is 43.3 Å². The number of anilines is 1. The molecule has 33 heavy (non-hydrogen) atoms. The highest BCUT2D eigenvalue weighted by Crippen LogP contribution is 2.15. The van der Waals surface area contributed by atoms with Crippen LogP contribution in [0, 0.1) is 0 Å². The van der Waals surface area contributed by atoms with E-state index in [9.17, 15) is 9.59 Å². The van der Waals surface area contributed by atoms with Gasteiger partial charge < -0.3 is 15.4 Å². The van der Waals surface area contributed by atoms with Crippen LogP contribution < -0.4 is 20.7 Å². The Balaban J connectivity index is 1.53. The fourth-order valence-electron chi connectivity index (χ4n) is 2.96. The minimum atomic E-state index is -0.334. The Morgan fingerprint density at radius 1 is 0.909 bits per heavy atom. The van der Waals surface area contributed by atoms with Crippen molar-refractivity contribution in [2.24, 2.45) is 0 Å². The van der Waals surface area contributed by atoms with Crippen molar-refractivity contribution in [2.75, 3.05) is 5.32 Å². The van der Waals surface area contributed by atoms with E-state index in [4.69, 9.17) is 17.0 Å². The molecule has 7 heteroatoms. The quantitative estimate of drug-likeness (QED) is 0.415. The van der Waals surface area contributed by atoms with Crippen molar-refractivity contribution in [1.29, 1.82) is 0 Å². The topological polar surface area (TPSA) is 79.5 Å². The van der Waals surface area contributed by atoms with E-state index in [-0.39, 0.29) is 23.0 Å². The van der Waals surface area contributed by atoms with Crippen molar-refractivity contribution in [3.8, 4) is 5.75 Å². The predicted octanol–water partition coefficient (Wildman–Crippen LogP) is 4.92. The number of hydrogen-bond donors (Lipinski definition) is 3. The Kier molecular flexibility index (Phi) is 8.55. The van der Waals surface area contributed by atoms with Gasteiger partial charge in [0.1, 0.15) is 5.75 Å². The summed E-state index contributed by atoms with van der Waals surface area (Å²) < 4.78 is 5.73. The molecule has 0 saturated heterocycles. The average Bonchev–Trinajstić information content (AvgIpc) is 2.83. The van der Waals surface area contributed by atoms with Crippen molar-refractivity contribution >= 4 is 34.8 Å². The maximum atomic E-state index is 12.5. The zero-order valence-corrected chi connectivity index (χ0v) is 19.4. The van der Waals surface area contributed by atoms with Crippen molar-refractivity contribution in [3.05, 3.63) is 95.6 Å². The van der Waals surface area contributed by atoms with Crippen LogP contribution in [0.5, 0.6) is 5.75 Å². The third-order valence-corrected chi connectivity index (χ3v) is 5.14. The van der Waals surface area contributed by atoms with E-state index in [1.54, 1.807) is 48.5 Å². The molecule has 0 aliphatic rings. The summed E-state index contributed by atoms with van der Waals surface area (Å²) in [5.41, 5.74) is 2.57. The van der Waals surface area contributed by atoms with Crippen LogP contribution in [-0.4, -0.2) is 23.0 Å². The number of carbonyl (C=O) groups excluding carboxylic acids is 2. The molecule has 3 aromatic rings. The summed E-state index contributed by atoms with van der Waals surface area (Å²) >= 11 is 5.27. The molecule has 0 aliphatic heterocycles. The van der Waals surface area contributed by atoms with E-state index in [1.807, 2.05) is 44.2 Å². The third-order valence-electron chi connectivity index (χ3n) is 4.93. The standard InChI is InChI=1S/C26H27N3O3S/c1-3-18(2)32-23-14-12-20(13-15-23)25(31)29-26(33)28-22-11-7-10-21(16-22)24(30)27-17-19-8-5-4-6-9-19/h4-16,18H,3,17H2,1-2H3,(H,27,30)(H2,28,29,31,33). The molecule has 6 nitrogen and oxygen atoms in total. The van der Waals surface area contributed by atoms with Gasteiger partial charge in [-0.2, -0.15) is 0 Å². The first-order valence-corrected chi connectivity index (χ1v) is 11.2. The van der Waals surface area contributed by atoms with Gasteiger partial charge in [0.2, 0.25) is 0 Å². The summed E-state index contributed by atoms with van der Waals surface area (Å²) in [6.45, 7) is 4.48. The first kappa shape index (κ1) is 23.9. The van der Waals surface area contributed by atoms with Gasteiger partial charge >= 0.3 is 0 Å². The lowest BCUT2D eigenvalue weighted by Gasteiger charge is -2.13. The number of rotatable bonds is 8. The van der Waals surface area contributed by atoms with Gasteiger partial charge in [-0.05, 0) is 73.6 Å². The Bertz CT molecular complexity index is 1100. The molecule has 170 valence electrons. The van der Waals surface area contributed by atoms with Crippen molar-refractivity contribution < 1.29 is 14.3 Å². The highest BCUT2D eigenvalue weighted by molar-refractivity contribution is 7.80. The summed E-state index contributed by atoms with van der Waals surface area (Å²) in [6, 6.07) is 23.5. The summed E-state index contributed by atoms with van der Waals surface area (Å²) in [5.74, 6) is 0.181. The second-order valence-electron chi connectivity index (χ2n) is 7.52. The van der Waals surface area contributed by atoms with E-state index in [0.717, 1.165) is 12.0 Å². The van der Waals surface area contributed by atoms with E-state index in [1.165, 1.54) is 0 Å². The maximum absolute atomic E-state index is 12.5. The lowest BCUT2D eigenvalue weighted by atomic mass is 10.1. The molecule has 0 bridgehead atoms. The molecule has 3 aromatic carbocycles. The van der Waals surface area contributed by atoms with Gasteiger partial charge in [0.05, 0.1) is 6.10 Å². The minimum Gasteiger partial charge on any atom is -0.491 e. The van der Waals surface area contributed by atoms with E-state index in [0.29, 0.717) is 29.1 Å². The van der Waals surface area contributed by atoms with Gasteiger partial charge in [0.25, 0.3) is 11.8 Å². The van der Waals surface area contributed by atoms with E-state index >= 15 is 0 Å². The normalized spacial score (nSPS) is 11.2. The molecule has 1 atom stereocenters. The molecule has 0 heterocycles. The number of ether oxygens (including phenoxy) is 1. The molecule has 2 amide bonds. The molecule has 3 rings (SSSR count). The molecule has 0 saturated carbocycles. The molecule has 0 spiro atoms. The zero-order valence-electron chi connectivity index (χ0n) is 18.6. The molecular weight excluding hydrogens is 434 g/mol. The molecule has 0 radical (unpaired) electrons. The minimum absolute atomic E-state index is 0.109. The Hall–Kier alpha value is -3.71. The summed E-state index contributed by atoms with van der Waals surface area (Å²) in [4.78, 5) is 25.0. The Labute approximate surface area is 199 Å². The van der Waals surface area contributed by atoms with Crippen LogP contribution in [0.15, 0.2) is 78.9 Å². The van der Waals surface area contributed by atoms with E-state index < -0.39 is 0 Å². The van der Waals surface area contributed by atoms with Crippen molar-refractivity contribution in [1.82, 2.24) is 10.6 Å². The third kappa shape index (κ3) is 7.43. The zero-order chi connectivity index (χ0) is 23.6. The average molecular weight is 462 g/mol. The van der Waals surface area contributed by atoms with Crippen LogP contribution >= 0.6 is 12.2 Å². The largest absolute Gasteiger partial charge is 0.491 e. The van der Waals surface area contributed by atoms with Gasteiger partial charge in [0.15, 0.2) is 5.11 Å². The molecular formula is C26H27N3O3S.